The standard InChI is InChI=1S/C11H14N4OS/c1-8-10(17-7-15-8)2-3-16-11-6-13-9(4-12)5-14-11/h5-7H,2-4,12H2,1H3. The maximum Gasteiger partial charge on any atom is 0.232 e. The second kappa shape index (κ2) is 5.70. The lowest BCUT2D eigenvalue weighted by atomic mass is 10.3. The molecule has 90 valence electrons. The molecule has 0 aliphatic rings. The van der Waals surface area contributed by atoms with Crippen LogP contribution in [0.4, 0.5) is 0 Å². The van der Waals surface area contributed by atoms with Gasteiger partial charge in [0, 0.05) is 17.8 Å². The zero-order valence-corrected chi connectivity index (χ0v) is 10.4. The zero-order chi connectivity index (χ0) is 12.1. The van der Waals surface area contributed by atoms with Crippen molar-refractivity contribution in [3.05, 3.63) is 34.2 Å². The Kier molecular flexibility index (Phi) is 4.00. The minimum absolute atomic E-state index is 0.396. The summed E-state index contributed by atoms with van der Waals surface area (Å²) >= 11 is 1.65. The smallest absolute Gasteiger partial charge is 0.232 e. The molecule has 2 rings (SSSR count). The molecule has 5 nitrogen and oxygen atoms in total. The van der Waals surface area contributed by atoms with Crippen LogP contribution in [0.2, 0.25) is 0 Å². The van der Waals surface area contributed by atoms with Crippen LogP contribution in [0.15, 0.2) is 17.9 Å². The van der Waals surface area contributed by atoms with Gasteiger partial charge in [0.05, 0.1) is 35.9 Å². The predicted octanol–water partition coefficient (Wildman–Crippen LogP) is 1.32. The molecule has 0 fully saturated rings. The summed E-state index contributed by atoms with van der Waals surface area (Å²) in [6, 6.07) is 0. The highest BCUT2D eigenvalue weighted by molar-refractivity contribution is 7.09. The lowest BCUT2D eigenvalue weighted by Crippen LogP contribution is -2.05. The molecule has 0 spiro atoms. The van der Waals surface area contributed by atoms with Gasteiger partial charge in [0.1, 0.15) is 0 Å². The lowest BCUT2D eigenvalue weighted by molar-refractivity contribution is 0.308. The Labute approximate surface area is 104 Å². The van der Waals surface area contributed by atoms with Crippen LogP contribution in [0.25, 0.3) is 0 Å². The Morgan fingerprint density at radius 1 is 1.29 bits per heavy atom. The Morgan fingerprint density at radius 2 is 2.18 bits per heavy atom. The monoisotopic (exact) mass is 250 g/mol. The van der Waals surface area contributed by atoms with Gasteiger partial charge < -0.3 is 10.5 Å². The van der Waals surface area contributed by atoms with Crippen molar-refractivity contribution in [3.8, 4) is 5.88 Å². The molecule has 0 atom stereocenters. The number of ether oxygens (including phenoxy) is 1. The van der Waals surface area contributed by atoms with Gasteiger partial charge in [-0.3, -0.25) is 4.98 Å². The van der Waals surface area contributed by atoms with Crippen LogP contribution in [0.3, 0.4) is 0 Å². The molecule has 2 aromatic rings. The van der Waals surface area contributed by atoms with Crippen molar-refractivity contribution in [2.45, 2.75) is 19.9 Å². The second-order valence-electron chi connectivity index (χ2n) is 3.51. The fourth-order valence-electron chi connectivity index (χ4n) is 1.34. The molecule has 2 N–H and O–H groups in total. The highest BCUT2D eigenvalue weighted by Crippen LogP contribution is 2.13. The Hall–Kier alpha value is -1.53. The van der Waals surface area contributed by atoms with E-state index in [0.717, 1.165) is 17.8 Å². The highest BCUT2D eigenvalue weighted by Gasteiger charge is 2.02. The van der Waals surface area contributed by atoms with E-state index in [1.165, 1.54) is 4.88 Å². The molecule has 2 aromatic heterocycles. The fourth-order valence-corrected chi connectivity index (χ4v) is 2.10. The van der Waals surface area contributed by atoms with Gasteiger partial charge in [-0.05, 0) is 6.92 Å². The van der Waals surface area contributed by atoms with Crippen molar-refractivity contribution in [1.82, 2.24) is 15.0 Å². The van der Waals surface area contributed by atoms with Crippen molar-refractivity contribution in [1.29, 1.82) is 0 Å². The van der Waals surface area contributed by atoms with Gasteiger partial charge in [0.25, 0.3) is 0 Å². The first-order chi connectivity index (χ1) is 8.29. The average Bonchev–Trinajstić information content (AvgIpc) is 2.76. The van der Waals surface area contributed by atoms with Gasteiger partial charge >= 0.3 is 0 Å². The quantitative estimate of drug-likeness (QED) is 0.866. The number of hydrogen-bond donors (Lipinski definition) is 1. The molecule has 0 radical (unpaired) electrons. The maximum absolute atomic E-state index is 5.50. The number of rotatable bonds is 5. The van der Waals surface area contributed by atoms with Crippen LogP contribution in [-0.4, -0.2) is 21.6 Å². The number of aryl methyl sites for hydroxylation is 1. The third-order valence-electron chi connectivity index (χ3n) is 2.31. The van der Waals surface area contributed by atoms with Crippen molar-refractivity contribution in [2.75, 3.05) is 6.61 Å². The molecule has 0 saturated heterocycles. The first-order valence-corrected chi connectivity index (χ1v) is 6.20. The molecule has 0 saturated carbocycles. The van der Waals surface area contributed by atoms with E-state index in [0.29, 0.717) is 19.0 Å². The van der Waals surface area contributed by atoms with E-state index < -0.39 is 0 Å². The number of nitrogens with two attached hydrogens (primary N) is 1. The van der Waals surface area contributed by atoms with Gasteiger partial charge in [0.15, 0.2) is 0 Å². The molecule has 0 bridgehead atoms. The van der Waals surface area contributed by atoms with Crippen molar-refractivity contribution >= 4 is 11.3 Å². The van der Waals surface area contributed by atoms with Gasteiger partial charge in [-0.1, -0.05) is 0 Å². The normalized spacial score (nSPS) is 10.5. The van der Waals surface area contributed by atoms with Crippen LogP contribution in [0.1, 0.15) is 16.3 Å². The number of hydrogen-bond acceptors (Lipinski definition) is 6. The zero-order valence-electron chi connectivity index (χ0n) is 9.59. The van der Waals surface area contributed by atoms with E-state index in [9.17, 15) is 0 Å². The molecule has 0 aliphatic heterocycles. The Balaban J connectivity index is 1.83. The number of thiazole rings is 1. The molecule has 0 unspecified atom stereocenters. The van der Waals surface area contributed by atoms with Crippen LogP contribution in [0, 0.1) is 6.92 Å². The summed E-state index contributed by atoms with van der Waals surface area (Å²) in [6.45, 7) is 2.98. The molecule has 0 aliphatic carbocycles. The summed E-state index contributed by atoms with van der Waals surface area (Å²) in [5, 5.41) is 0. The first kappa shape index (κ1) is 11.9. The summed E-state index contributed by atoms with van der Waals surface area (Å²) in [5.41, 5.74) is 9.11. The van der Waals surface area contributed by atoms with Gasteiger partial charge in [-0.25, -0.2) is 9.97 Å². The van der Waals surface area contributed by atoms with E-state index >= 15 is 0 Å². The molecule has 0 aromatic carbocycles. The molecular formula is C11H14N4OS. The second-order valence-corrected chi connectivity index (χ2v) is 4.45. The molecule has 17 heavy (non-hydrogen) atoms. The molecular weight excluding hydrogens is 236 g/mol. The fraction of sp³-hybridized carbons (Fsp3) is 0.364. The highest BCUT2D eigenvalue weighted by atomic mass is 32.1. The third kappa shape index (κ3) is 3.21. The molecule has 0 amide bonds. The van der Waals surface area contributed by atoms with Crippen molar-refractivity contribution in [3.63, 3.8) is 0 Å². The van der Waals surface area contributed by atoms with Crippen LogP contribution in [0.5, 0.6) is 5.88 Å². The van der Waals surface area contributed by atoms with Crippen LogP contribution < -0.4 is 10.5 Å². The van der Waals surface area contributed by atoms with E-state index in [1.807, 2.05) is 12.4 Å². The van der Waals surface area contributed by atoms with E-state index in [2.05, 4.69) is 15.0 Å². The lowest BCUT2D eigenvalue weighted by Gasteiger charge is -2.04. The van der Waals surface area contributed by atoms with E-state index in [1.54, 1.807) is 23.7 Å². The minimum Gasteiger partial charge on any atom is -0.476 e. The average molecular weight is 250 g/mol. The van der Waals surface area contributed by atoms with Crippen molar-refractivity contribution < 1.29 is 4.74 Å². The van der Waals surface area contributed by atoms with Crippen LogP contribution >= 0.6 is 11.3 Å². The summed E-state index contributed by atoms with van der Waals surface area (Å²) in [5.74, 6) is 0.532. The first-order valence-electron chi connectivity index (χ1n) is 5.32. The van der Waals surface area contributed by atoms with Gasteiger partial charge in [0.2, 0.25) is 5.88 Å². The summed E-state index contributed by atoms with van der Waals surface area (Å²) < 4.78 is 5.50. The summed E-state index contributed by atoms with van der Waals surface area (Å²) in [4.78, 5) is 13.7. The minimum atomic E-state index is 0.396. The SMILES string of the molecule is Cc1ncsc1CCOc1cnc(CN)cn1. The van der Waals surface area contributed by atoms with Crippen LogP contribution in [-0.2, 0) is 13.0 Å². The van der Waals surface area contributed by atoms with Crippen molar-refractivity contribution in [2.24, 2.45) is 5.73 Å². The predicted molar refractivity (Wildman–Crippen MR) is 66.0 cm³/mol. The largest absolute Gasteiger partial charge is 0.476 e. The van der Waals surface area contributed by atoms with Gasteiger partial charge in [-0.15, -0.1) is 11.3 Å². The summed E-state index contributed by atoms with van der Waals surface area (Å²) in [7, 11) is 0. The third-order valence-corrected chi connectivity index (χ3v) is 3.31. The number of aromatic nitrogens is 3. The Morgan fingerprint density at radius 3 is 2.76 bits per heavy atom. The van der Waals surface area contributed by atoms with E-state index in [-0.39, 0.29) is 0 Å². The topological polar surface area (TPSA) is 73.9 Å². The molecule has 2 heterocycles. The molecule has 6 heteroatoms. The summed E-state index contributed by atoms with van der Waals surface area (Å²) in [6.07, 6.45) is 4.08. The van der Waals surface area contributed by atoms with E-state index in [4.69, 9.17) is 10.5 Å². The van der Waals surface area contributed by atoms with Gasteiger partial charge in [-0.2, -0.15) is 0 Å². The number of nitrogens with zero attached hydrogens (tertiary/aromatic N) is 3. The Bertz CT molecular complexity index is 469. The maximum atomic E-state index is 5.50.